The number of aliphatic hydroxyl groups is 1. The molecule has 0 spiro atoms. The van der Waals surface area contributed by atoms with Crippen molar-refractivity contribution >= 4 is 23.3 Å². The van der Waals surface area contributed by atoms with Gasteiger partial charge in [-0.25, -0.2) is 0 Å². The van der Waals surface area contributed by atoms with Crippen molar-refractivity contribution in [3.05, 3.63) is 11.1 Å². The van der Waals surface area contributed by atoms with Crippen LogP contribution in [0.15, 0.2) is 5.38 Å². The molecule has 5 heteroatoms. The van der Waals surface area contributed by atoms with Gasteiger partial charge in [-0.15, -0.1) is 5.10 Å². The Bertz CT molecular complexity index is 244. The normalized spacial score (nSPS) is 29.4. The van der Waals surface area contributed by atoms with Crippen molar-refractivity contribution in [2.75, 3.05) is 11.5 Å². The molecule has 1 fully saturated rings. The van der Waals surface area contributed by atoms with Crippen molar-refractivity contribution in [3.8, 4) is 0 Å². The molecule has 1 N–H and O–H groups in total. The van der Waals surface area contributed by atoms with Crippen LogP contribution in [0.3, 0.4) is 0 Å². The summed E-state index contributed by atoms with van der Waals surface area (Å²) in [6.07, 6.45) is 1.55. The maximum Gasteiger partial charge on any atom is 0.0801 e. The van der Waals surface area contributed by atoms with E-state index < -0.39 is 5.60 Å². The van der Waals surface area contributed by atoms with Crippen molar-refractivity contribution in [2.45, 2.75) is 18.4 Å². The van der Waals surface area contributed by atoms with Crippen LogP contribution in [0.5, 0.6) is 0 Å². The molecule has 1 aliphatic heterocycles. The predicted octanol–water partition coefficient (Wildman–Crippen LogP) is 0.949. The zero-order valence-electron chi connectivity index (χ0n) is 6.56. The number of hydrogen-bond acceptors (Lipinski definition) is 5. The Hall–Kier alpha value is -0.130. The van der Waals surface area contributed by atoms with Gasteiger partial charge in [-0.2, -0.15) is 11.8 Å². The van der Waals surface area contributed by atoms with E-state index in [1.165, 1.54) is 11.5 Å². The number of hydrogen-bond donors (Lipinski definition) is 1. The summed E-state index contributed by atoms with van der Waals surface area (Å²) < 4.78 is 3.77. The zero-order chi connectivity index (χ0) is 8.44. The Morgan fingerprint density at radius 1 is 1.67 bits per heavy atom. The van der Waals surface area contributed by atoms with Crippen molar-refractivity contribution in [2.24, 2.45) is 0 Å². The smallest absolute Gasteiger partial charge is 0.0801 e. The van der Waals surface area contributed by atoms with Crippen LogP contribution in [0.25, 0.3) is 0 Å². The average molecular weight is 202 g/mol. The zero-order valence-corrected chi connectivity index (χ0v) is 8.20. The number of rotatable bonds is 2. The first-order valence-electron chi connectivity index (χ1n) is 3.85. The van der Waals surface area contributed by atoms with Crippen LogP contribution in [0, 0.1) is 0 Å². The van der Waals surface area contributed by atoms with Gasteiger partial charge in [-0.05, 0) is 23.7 Å². The molecule has 66 valence electrons. The Kier molecular flexibility index (Phi) is 2.34. The standard InChI is InChI=1S/C7H10N2OS2/c10-7(1-2-11-5-7)3-6-4-12-9-8-6/h4,10H,1-3,5H2. The molecule has 2 heterocycles. The fourth-order valence-electron chi connectivity index (χ4n) is 1.33. The molecule has 1 aliphatic rings. The van der Waals surface area contributed by atoms with Crippen LogP contribution in [-0.2, 0) is 6.42 Å². The summed E-state index contributed by atoms with van der Waals surface area (Å²) in [5.41, 5.74) is 0.408. The highest BCUT2D eigenvalue weighted by molar-refractivity contribution is 7.99. The van der Waals surface area contributed by atoms with E-state index in [1.54, 1.807) is 0 Å². The number of aromatic nitrogens is 2. The summed E-state index contributed by atoms with van der Waals surface area (Å²) in [6, 6.07) is 0. The molecule has 1 saturated heterocycles. The molecule has 1 aromatic heterocycles. The molecule has 1 unspecified atom stereocenters. The third kappa shape index (κ3) is 1.78. The van der Waals surface area contributed by atoms with Crippen LogP contribution < -0.4 is 0 Å². The molecule has 0 aliphatic carbocycles. The van der Waals surface area contributed by atoms with E-state index in [2.05, 4.69) is 9.59 Å². The number of thioether (sulfide) groups is 1. The molecule has 0 saturated carbocycles. The second kappa shape index (κ2) is 3.32. The molecule has 2 rings (SSSR count). The largest absolute Gasteiger partial charge is 0.389 e. The summed E-state index contributed by atoms with van der Waals surface area (Å²) in [5.74, 6) is 1.90. The molecule has 3 nitrogen and oxygen atoms in total. The lowest BCUT2D eigenvalue weighted by atomic mass is 9.98. The van der Waals surface area contributed by atoms with Gasteiger partial charge >= 0.3 is 0 Å². The van der Waals surface area contributed by atoms with Gasteiger partial charge in [0.05, 0.1) is 11.3 Å². The highest BCUT2D eigenvalue weighted by Gasteiger charge is 2.32. The van der Waals surface area contributed by atoms with E-state index in [1.807, 2.05) is 17.1 Å². The van der Waals surface area contributed by atoms with Crippen LogP contribution in [0.2, 0.25) is 0 Å². The average Bonchev–Trinajstić information content (AvgIpc) is 2.62. The highest BCUT2D eigenvalue weighted by Crippen LogP contribution is 2.30. The van der Waals surface area contributed by atoms with Gasteiger partial charge in [0.1, 0.15) is 0 Å². The van der Waals surface area contributed by atoms with Crippen molar-refractivity contribution < 1.29 is 5.11 Å². The highest BCUT2D eigenvalue weighted by atomic mass is 32.2. The molecule has 0 radical (unpaired) electrons. The SMILES string of the molecule is OC1(Cc2csnn2)CCSC1. The van der Waals surface area contributed by atoms with E-state index >= 15 is 0 Å². The van der Waals surface area contributed by atoms with Gasteiger partial charge in [0.25, 0.3) is 0 Å². The molecule has 1 aromatic rings. The third-order valence-corrected chi connectivity index (χ3v) is 3.79. The van der Waals surface area contributed by atoms with Gasteiger partial charge in [-0.3, -0.25) is 0 Å². The topological polar surface area (TPSA) is 46.0 Å². The minimum Gasteiger partial charge on any atom is -0.389 e. The third-order valence-electron chi connectivity index (χ3n) is 2.00. The van der Waals surface area contributed by atoms with E-state index in [0.29, 0.717) is 6.42 Å². The lowest BCUT2D eigenvalue weighted by Gasteiger charge is -2.18. The van der Waals surface area contributed by atoms with Crippen LogP contribution in [0.4, 0.5) is 0 Å². The minimum atomic E-state index is -0.513. The maximum absolute atomic E-state index is 9.98. The van der Waals surface area contributed by atoms with E-state index in [-0.39, 0.29) is 0 Å². The summed E-state index contributed by atoms with van der Waals surface area (Å²) >= 11 is 3.15. The van der Waals surface area contributed by atoms with Crippen LogP contribution >= 0.6 is 23.3 Å². The molecular formula is C7H10N2OS2. The van der Waals surface area contributed by atoms with E-state index in [4.69, 9.17) is 0 Å². The Balaban J connectivity index is 2.02. The second-order valence-electron chi connectivity index (χ2n) is 3.10. The molecule has 1 atom stereocenters. The number of nitrogens with zero attached hydrogens (tertiary/aromatic N) is 2. The van der Waals surface area contributed by atoms with Crippen molar-refractivity contribution in [1.82, 2.24) is 9.59 Å². The molecule has 12 heavy (non-hydrogen) atoms. The van der Waals surface area contributed by atoms with Crippen LogP contribution in [0.1, 0.15) is 12.1 Å². The Morgan fingerprint density at radius 2 is 2.58 bits per heavy atom. The lowest BCUT2D eigenvalue weighted by Crippen LogP contribution is -2.30. The first-order valence-corrected chi connectivity index (χ1v) is 5.84. The summed E-state index contributed by atoms with van der Waals surface area (Å²) in [4.78, 5) is 0. The quantitative estimate of drug-likeness (QED) is 0.775. The van der Waals surface area contributed by atoms with Crippen LogP contribution in [-0.4, -0.2) is 31.8 Å². The van der Waals surface area contributed by atoms with Gasteiger partial charge < -0.3 is 5.11 Å². The maximum atomic E-state index is 9.98. The van der Waals surface area contributed by atoms with Gasteiger partial charge in [0.2, 0.25) is 0 Å². The second-order valence-corrected chi connectivity index (χ2v) is 4.81. The molecular weight excluding hydrogens is 192 g/mol. The monoisotopic (exact) mass is 202 g/mol. The van der Waals surface area contributed by atoms with Gasteiger partial charge in [-0.1, -0.05) is 4.49 Å². The summed E-state index contributed by atoms with van der Waals surface area (Å²) in [6.45, 7) is 0. The Morgan fingerprint density at radius 3 is 3.17 bits per heavy atom. The molecule has 0 aromatic carbocycles. The van der Waals surface area contributed by atoms with Gasteiger partial charge in [0.15, 0.2) is 0 Å². The lowest BCUT2D eigenvalue weighted by molar-refractivity contribution is 0.0676. The predicted molar refractivity (Wildman–Crippen MR) is 50.5 cm³/mol. The summed E-state index contributed by atoms with van der Waals surface area (Å²) in [7, 11) is 0. The van der Waals surface area contributed by atoms with E-state index in [0.717, 1.165) is 23.6 Å². The fraction of sp³-hybridized carbons (Fsp3) is 0.714. The fourth-order valence-corrected chi connectivity index (χ4v) is 3.08. The van der Waals surface area contributed by atoms with E-state index in [9.17, 15) is 5.11 Å². The van der Waals surface area contributed by atoms with Crippen molar-refractivity contribution in [1.29, 1.82) is 0 Å². The Labute approximate surface area is 79.4 Å². The molecule has 0 bridgehead atoms. The first kappa shape index (κ1) is 8.47. The minimum absolute atomic E-state index is 0.513. The first-order chi connectivity index (χ1) is 5.79. The molecule has 0 amide bonds. The summed E-state index contributed by atoms with van der Waals surface area (Å²) in [5, 5.41) is 15.8. The van der Waals surface area contributed by atoms with Crippen molar-refractivity contribution in [3.63, 3.8) is 0 Å². The van der Waals surface area contributed by atoms with Gasteiger partial charge in [0, 0.05) is 17.6 Å².